The van der Waals surface area contributed by atoms with Crippen molar-refractivity contribution in [2.75, 3.05) is 5.75 Å². The van der Waals surface area contributed by atoms with Gasteiger partial charge >= 0.3 is 0 Å². The second-order valence-corrected chi connectivity index (χ2v) is 11.4. The molecule has 0 aromatic carbocycles. The molecule has 8 heteroatoms. The standard InChI is InChI=1S/C23H30N4O2S2/c1-14(2)10-11-27-21(29)19-16-6-4-5-7-17(16)31-20(19)25-22(27)30-12-18(28)26-23(3,13-24)15-8-9-15/h14-15H,4-12H2,1-3H3,(H,26,28). The first-order valence-corrected chi connectivity index (χ1v) is 13.0. The quantitative estimate of drug-likeness (QED) is 0.471. The first-order chi connectivity index (χ1) is 14.8. The number of rotatable bonds is 8. The SMILES string of the molecule is CC(C)CCn1c(SCC(=O)NC(C)(C#N)C2CC2)nc2sc3c(c2c1=O)CCCC3. The molecular weight excluding hydrogens is 428 g/mol. The molecule has 1 amide bonds. The monoisotopic (exact) mass is 458 g/mol. The van der Waals surface area contributed by atoms with Crippen LogP contribution in [0.4, 0.5) is 0 Å². The fourth-order valence-electron chi connectivity index (χ4n) is 4.25. The predicted octanol–water partition coefficient (Wildman–Crippen LogP) is 4.28. The van der Waals surface area contributed by atoms with E-state index in [1.54, 1.807) is 22.8 Å². The largest absolute Gasteiger partial charge is 0.337 e. The number of thiophene rings is 1. The summed E-state index contributed by atoms with van der Waals surface area (Å²) in [4.78, 5) is 33.1. The third-order valence-corrected chi connectivity index (χ3v) is 8.49. The molecule has 2 aromatic heterocycles. The molecule has 0 saturated heterocycles. The second-order valence-electron chi connectivity index (χ2n) is 9.35. The summed E-state index contributed by atoms with van der Waals surface area (Å²) >= 11 is 2.94. The van der Waals surface area contributed by atoms with Crippen molar-refractivity contribution in [3.8, 4) is 6.07 Å². The highest BCUT2D eigenvalue weighted by atomic mass is 32.2. The van der Waals surface area contributed by atoms with Gasteiger partial charge in [-0.25, -0.2) is 4.98 Å². The maximum atomic E-state index is 13.5. The number of hydrogen-bond donors (Lipinski definition) is 1. The Bertz CT molecular complexity index is 1090. The molecule has 2 aliphatic rings. The van der Waals surface area contributed by atoms with Crippen molar-refractivity contribution < 1.29 is 4.79 Å². The van der Waals surface area contributed by atoms with Crippen molar-refractivity contribution in [2.24, 2.45) is 11.8 Å². The fraction of sp³-hybridized carbons (Fsp3) is 0.652. The smallest absolute Gasteiger partial charge is 0.263 e. The summed E-state index contributed by atoms with van der Waals surface area (Å²) in [7, 11) is 0. The van der Waals surface area contributed by atoms with E-state index in [1.807, 2.05) is 0 Å². The van der Waals surface area contributed by atoms with Crippen LogP contribution in [-0.4, -0.2) is 26.8 Å². The number of carbonyl (C=O) groups is 1. The third kappa shape index (κ3) is 4.68. The molecule has 0 bridgehead atoms. The van der Waals surface area contributed by atoms with E-state index in [2.05, 4.69) is 25.2 Å². The molecule has 4 rings (SSSR count). The summed E-state index contributed by atoms with van der Waals surface area (Å²) in [6.07, 6.45) is 7.12. The highest BCUT2D eigenvalue weighted by Gasteiger charge is 2.43. The van der Waals surface area contributed by atoms with Crippen LogP contribution in [0, 0.1) is 23.2 Å². The van der Waals surface area contributed by atoms with Gasteiger partial charge in [-0.05, 0) is 69.3 Å². The number of thioether (sulfide) groups is 1. The van der Waals surface area contributed by atoms with Gasteiger partial charge in [0.1, 0.15) is 10.4 Å². The molecule has 6 nitrogen and oxygen atoms in total. The van der Waals surface area contributed by atoms with Gasteiger partial charge in [-0.3, -0.25) is 14.2 Å². The lowest BCUT2D eigenvalue weighted by Crippen LogP contribution is -2.47. The average molecular weight is 459 g/mol. The molecule has 2 aliphatic carbocycles. The number of hydrogen-bond acceptors (Lipinski definition) is 6. The van der Waals surface area contributed by atoms with E-state index in [0.29, 0.717) is 17.6 Å². The normalized spacial score (nSPS) is 17.9. The van der Waals surface area contributed by atoms with E-state index in [-0.39, 0.29) is 23.1 Å². The van der Waals surface area contributed by atoms with Crippen LogP contribution in [0.5, 0.6) is 0 Å². The molecule has 31 heavy (non-hydrogen) atoms. The van der Waals surface area contributed by atoms with Crippen molar-refractivity contribution in [3.05, 3.63) is 20.8 Å². The number of amides is 1. The second kappa shape index (κ2) is 8.95. The number of carbonyl (C=O) groups excluding carboxylic acids is 1. The molecular formula is C23H30N4O2S2. The van der Waals surface area contributed by atoms with E-state index >= 15 is 0 Å². The van der Waals surface area contributed by atoms with Gasteiger partial charge in [-0.15, -0.1) is 11.3 Å². The lowest BCUT2D eigenvalue weighted by atomic mass is 9.97. The predicted molar refractivity (Wildman–Crippen MR) is 126 cm³/mol. The molecule has 0 radical (unpaired) electrons. The first kappa shape index (κ1) is 22.3. The minimum absolute atomic E-state index is 0.0350. The Hall–Kier alpha value is -1.85. The summed E-state index contributed by atoms with van der Waals surface area (Å²) in [5.74, 6) is 0.670. The lowest BCUT2D eigenvalue weighted by Gasteiger charge is -2.22. The molecule has 1 saturated carbocycles. The highest BCUT2D eigenvalue weighted by Crippen LogP contribution is 2.39. The molecule has 2 aromatic rings. The van der Waals surface area contributed by atoms with Crippen molar-refractivity contribution >= 4 is 39.2 Å². The van der Waals surface area contributed by atoms with Gasteiger partial charge in [0.2, 0.25) is 5.91 Å². The zero-order valence-corrected chi connectivity index (χ0v) is 20.1. The van der Waals surface area contributed by atoms with Gasteiger partial charge < -0.3 is 5.32 Å². The maximum absolute atomic E-state index is 13.5. The Morgan fingerprint density at radius 1 is 1.39 bits per heavy atom. The Labute approximate surface area is 191 Å². The molecule has 1 fully saturated rings. The van der Waals surface area contributed by atoms with E-state index in [1.165, 1.54) is 28.6 Å². The molecule has 0 spiro atoms. The minimum Gasteiger partial charge on any atom is -0.337 e. The Morgan fingerprint density at radius 2 is 2.13 bits per heavy atom. The van der Waals surface area contributed by atoms with Gasteiger partial charge in [-0.2, -0.15) is 5.26 Å². The number of fused-ring (bicyclic) bond motifs is 3. The Balaban J connectivity index is 1.61. The molecule has 1 N–H and O–H groups in total. The summed E-state index contributed by atoms with van der Waals surface area (Å²) in [5.41, 5.74) is 0.428. The Kier molecular flexibility index (Phi) is 6.45. The van der Waals surface area contributed by atoms with Gasteiger partial charge in [0.15, 0.2) is 5.16 Å². The molecule has 1 atom stereocenters. The summed E-state index contributed by atoms with van der Waals surface area (Å²) < 4.78 is 1.77. The van der Waals surface area contributed by atoms with Crippen LogP contribution in [0.25, 0.3) is 10.2 Å². The van der Waals surface area contributed by atoms with Crippen LogP contribution in [0.3, 0.4) is 0 Å². The van der Waals surface area contributed by atoms with Gasteiger partial charge in [0.25, 0.3) is 5.56 Å². The van der Waals surface area contributed by atoms with Crippen LogP contribution in [0.15, 0.2) is 9.95 Å². The van der Waals surface area contributed by atoms with E-state index in [9.17, 15) is 14.9 Å². The zero-order valence-electron chi connectivity index (χ0n) is 18.5. The van der Waals surface area contributed by atoms with E-state index < -0.39 is 5.54 Å². The number of nitrogens with one attached hydrogen (secondary N) is 1. The average Bonchev–Trinajstić information content (AvgIpc) is 3.53. The van der Waals surface area contributed by atoms with E-state index in [0.717, 1.165) is 48.7 Å². The minimum atomic E-state index is -0.806. The zero-order chi connectivity index (χ0) is 22.2. The van der Waals surface area contributed by atoms with Crippen LogP contribution in [-0.2, 0) is 24.2 Å². The molecule has 166 valence electrons. The number of aryl methyl sites for hydroxylation is 2. The number of nitrogens with zero attached hydrogens (tertiary/aromatic N) is 3. The number of nitriles is 1. The van der Waals surface area contributed by atoms with Crippen LogP contribution in [0.2, 0.25) is 0 Å². The van der Waals surface area contributed by atoms with Crippen LogP contribution >= 0.6 is 23.1 Å². The van der Waals surface area contributed by atoms with Crippen molar-refractivity contribution in [3.63, 3.8) is 0 Å². The summed E-state index contributed by atoms with van der Waals surface area (Å²) in [6, 6.07) is 2.26. The third-order valence-electron chi connectivity index (χ3n) is 6.33. The lowest BCUT2D eigenvalue weighted by molar-refractivity contribution is -0.119. The van der Waals surface area contributed by atoms with Crippen molar-refractivity contribution in [2.45, 2.75) is 83.0 Å². The van der Waals surface area contributed by atoms with Crippen molar-refractivity contribution in [1.29, 1.82) is 5.26 Å². The van der Waals surface area contributed by atoms with Gasteiger partial charge in [0.05, 0.1) is 17.2 Å². The van der Waals surface area contributed by atoms with Crippen LogP contribution < -0.4 is 10.9 Å². The topological polar surface area (TPSA) is 87.8 Å². The van der Waals surface area contributed by atoms with E-state index in [4.69, 9.17) is 4.98 Å². The highest BCUT2D eigenvalue weighted by molar-refractivity contribution is 7.99. The molecule has 2 heterocycles. The van der Waals surface area contributed by atoms with Crippen LogP contribution in [0.1, 0.15) is 63.3 Å². The van der Waals surface area contributed by atoms with Crippen molar-refractivity contribution in [1.82, 2.24) is 14.9 Å². The molecule has 0 aliphatic heterocycles. The van der Waals surface area contributed by atoms with Gasteiger partial charge in [0, 0.05) is 11.4 Å². The van der Waals surface area contributed by atoms with Gasteiger partial charge in [-0.1, -0.05) is 25.6 Å². The fourth-order valence-corrected chi connectivity index (χ4v) is 6.38. The maximum Gasteiger partial charge on any atom is 0.263 e. The number of aromatic nitrogens is 2. The Morgan fingerprint density at radius 3 is 2.81 bits per heavy atom. The molecule has 1 unspecified atom stereocenters. The summed E-state index contributed by atoms with van der Waals surface area (Å²) in [6.45, 7) is 6.69. The summed E-state index contributed by atoms with van der Waals surface area (Å²) in [5, 5.41) is 13.8. The first-order valence-electron chi connectivity index (χ1n) is 11.2.